The molecule has 1 aliphatic rings. The number of rotatable bonds is 2. The maximum absolute atomic E-state index is 10.4. The SMILES string of the molecule is Cc1ccc(CC2(O)CCC(C)C2)cc1. The molecule has 0 bridgehead atoms. The predicted molar refractivity (Wildman–Crippen MR) is 62.8 cm³/mol. The largest absolute Gasteiger partial charge is 0.390 e. The van der Waals surface area contributed by atoms with Gasteiger partial charge < -0.3 is 5.11 Å². The third kappa shape index (κ3) is 2.60. The summed E-state index contributed by atoms with van der Waals surface area (Å²) in [5.74, 6) is 0.681. The van der Waals surface area contributed by atoms with Crippen LogP contribution in [-0.4, -0.2) is 10.7 Å². The van der Waals surface area contributed by atoms with Gasteiger partial charge in [0, 0.05) is 6.42 Å². The van der Waals surface area contributed by atoms with Crippen molar-refractivity contribution in [2.24, 2.45) is 5.92 Å². The number of hydrogen-bond donors (Lipinski definition) is 1. The van der Waals surface area contributed by atoms with Gasteiger partial charge in [-0.25, -0.2) is 0 Å². The normalized spacial score (nSPS) is 30.7. The molecule has 1 aliphatic carbocycles. The molecule has 1 N–H and O–H groups in total. The van der Waals surface area contributed by atoms with E-state index in [1.165, 1.54) is 17.5 Å². The van der Waals surface area contributed by atoms with Crippen LogP contribution in [0.25, 0.3) is 0 Å². The Hall–Kier alpha value is -0.820. The summed E-state index contributed by atoms with van der Waals surface area (Å²) in [6.07, 6.45) is 3.91. The fraction of sp³-hybridized carbons (Fsp3) is 0.571. The average molecular weight is 204 g/mol. The van der Waals surface area contributed by atoms with Crippen molar-refractivity contribution in [1.82, 2.24) is 0 Å². The first-order chi connectivity index (χ1) is 7.07. The van der Waals surface area contributed by atoms with E-state index in [0.29, 0.717) is 5.92 Å². The van der Waals surface area contributed by atoms with Gasteiger partial charge in [-0.3, -0.25) is 0 Å². The molecule has 1 heteroatoms. The fourth-order valence-corrected chi connectivity index (χ4v) is 2.61. The molecule has 1 fully saturated rings. The summed E-state index contributed by atoms with van der Waals surface area (Å²) in [6, 6.07) is 8.51. The first-order valence-corrected chi connectivity index (χ1v) is 5.85. The molecule has 1 saturated carbocycles. The molecule has 0 aliphatic heterocycles. The monoisotopic (exact) mass is 204 g/mol. The van der Waals surface area contributed by atoms with Gasteiger partial charge in [0.15, 0.2) is 0 Å². The van der Waals surface area contributed by atoms with Gasteiger partial charge in [-0.05, 0) is 37.7 Å². The van der Waals surface area contributed by atoms with Crippen LogP contribution in [0.15, 0.2) is 24.3 Å². The number of aryl methyl sites for hydroxylation is 1. The van der Waals surface area contributed by atoms with Gasteiger partial charge in [0.05, 0.1) is 5.60 Å². The number of benzene rings is 1. The molecule has 0 spiro atoms. The van der Waals surface area contributed by atoms with Crippen molar-refractivity contribution < 1.29 is 5.11 Å². The van der Waals surface area contributed by atoms with Crippen LogP contribution in [0.4, 0.5) is 0 Å². The molecule has 1 aromatic rings. The number of hydrogen-bond acceptors (Lipinski definition) is 1. The maximum Gasteiger partial charge on any atom is 0.0690 e. The topological polar surface area (TPSA) is 20.2 Å². The van der Waals surface area contributed by atoms with Gasteiger partial charge in [-0.2, -0.15) is 0 Å². The third-order valence-electron chi connectivity index (χ3n) is 3.48. The maximum atomic E-state index is 10.4. The minimum absolute atomic E-state index is 0.436. The Morgan fingerprint density at radius 1 is 1.33 bits per heavy atom. The van der Waals surface area contributed by atoms with Crippen LogP contribution in [0, 0.1) is 12.8 Å². The molecule has 0 heterocycles. The molecule has 2 atom stereocenters. The zero-order valence-corrected chi connectivity index (χ0v) is 9.66. The van der Waals surface area contributed by atoms with Gasteiger partial charge in [0.25, 0.3) is 0 Å². The van der Waals surface area contributed by atoms with Crippen molar-refractivity contribution in [2.75, 3.05) is 0 Å². The second-order valence-electron chi connectivity index (χ2n) is 5.23. The smallest absolute Gasteiger partial charge is 0.0690 e. The van der Waals surface area contributed by atoms with Crippen LogP contribution in [0.2, 0.25) is 0 Å². The highest BCUT2D eigenvalue weighted by molar-refractivity contribution is 5.23. The molecule has 0 saturated heterocycles. The summed E-state index contributed by atoms with van der Waals surface area (Å²) in [6.45, 7) is 4.32. The van der Waals surface area contributed by atoms with Crippen LogP contribution in [0.5, 0.6) is 0 Å². The summed E-state index contributed by atoms with van der Waals surface area (Å²) >= 11 is 0. The molecule has 1 nitrogen and oxygen atoms in total. The average Bonchev–Trinajstić information content (AvgIpc) is 2.50. The van der Waals surface area contributed by atoms with Crippen LogP contribution in [0.3, 0.4) is 0 Å². The van der Waals surface area contributed by atoms with Crippen molar-refractivity contribution in [2.45, 2.75) is 45.1 Å². The lowest BCUT2D eigenvalue weighted by Gasteiger charge is -2.22. The highest BCUT2D eigenvalue weighted by atomic mass is 16.3. The molecule has 2 unspecified atom stereocenters. The van der Waals surface area contributed by atoms with Gasteiger partial charge in [-0.1, -0.05) is 36.8 Å². The molecule has 82 valence electrons. The Labute approximate surface area is 92.1 Å². The Balaban J connectivity index is 2.05. The Bertz CT molecular complexity index is 328. The van der Waals surface area contributed by atoms with Crippen LogP contribution in [-0.2, 0) is 6.42 Å². The van der Waals surface area contributed by atoms with E-state index >= 15 is 0 Å². The predicted octanol–water partition coefficient (Wildman–Crippen LogP) is 3.09. The Morgan fingerprint density at radius 2 is 2.00 bits per heavy atom. The van der Waals surface area contributed by atoms with Crippen molar-refractivity contribution in [3.8, 4) is 0 Å². The molecule has 15 heavy (non-hydrogen) atoms. The first kappa shape index (κ1) is 10.7. The van der Waals surface area contributed by atoms with Crippen LogP contribution in [0.1, 0.15) is 37.3 Å². The Kier molecular flexibility index (Phi) is 2.83. The van der Waals surface area contributed by atoms with E-state index in [4.69, 9.17) is 0 Å². The van der Waals surface area contributed by atoms with Gasteiger partial charge in [-0.15, -0.1) is 0 Å². The first-order valence-electron chi connectivity index (χ1n) is 5.85. The lowest BCUT2D eigenvalue weighted by atomic mass is 9.92. The van der Waals surface area contributed by atoms with Crippen molar-refractivity contribution >= 4 is 0 Å². The van der Waals surface area contributed by atoms with E-state index in [1.54, 1.807) is 0 Å². The zero-order valence-electron chi connectivity index (χ0n) is 9.66. The summed E-state index contributed by atoms with van der Waals surface area (Å²) in [5.41, 5.74) is 2.11. The standard InChI is InChI=1S/C14H20O/c1-11-3-5-13(6-4-11)10-14(15)8-7-12(2)9-14/h3-6,12,15H,7-10H2,1-2H3. The highest BCUT2D eigenvalue weighted by Crippen LogP contribution is 2.36. The molecule has 2 rings (SSSR count). The van der Waals surface area contributed by atoms with E-state index in [1.807, 2.05) is 0 Å². The molecule has 0 amide bonds. The van der Waals surface area contributed by atoms with Gasteiger partial charge in [0.1, 0.15) is 0 Å². The minimum atomic E-state index is -0.436. The van der Waals surface area contributed by atoms with E-state index in [-0.39, 0.29) is 0 Å². The molecule has 0 radical (unpaired) electrons. The molecule has 1 aromatic carbocycles. The molecular formula is C14H20O. The summed E-state index contributed by atoms with van der Waals surface area (Å²) in [7, 11) is 0. The van der Waals surface area contributed by atoms with Crippen molar-refractivity contribution in [3.05, 3.63) is 35.4 Å². The van der Waals surface area contributed by atoms with Crippen LogP contribution >= 0.6 is 0 Å². The van der Waals surface area contributed by atoms with E-state index in [0.717, 1.165) is 19.3 Å². The van der Waals surface area contributed by atoms with Crippen LogP contribution < -0.4 is 0 Å². The summed E-state index contributed by atoms with van der Waals surface area (Å²) in [4.78, 5) is 0. The fourth-order valence-electron chi connectivity index (χ4n) is 2.61. The highest BCUT2D eigenvalue weighted by Gasteiger charge is 2.35. The lowest BCUT2D eigenvalue weighted by molar-refractivity contribution is 0.0446. The minimum Gasteiger partial charge on any atom is -0.390 e. The van der Waals surface area contributed by atoms with E-state index in [2.05, 4.69) is 38.1 Å². The third-order valence-corrected chi connectivity index (χ3v) is 3.48. The van der Waals surface area contributed by atoms with Gasteiger partial charge in [0.2, 0.25) is 0 Å². The quantitative estimate of drug-likeness (QED) is 0.785. The van der Waals surface area contributed by atoms with Crippen molar-refractivity contribution in [1.29, 1.82) is 0 Å². The van der Waals surface area contributed by atoms with E-state index < -0.39 is 5.60 Å². The lowest BCUT2D eigenvalue weighted by Crippen LogP contribution is -2.27. The molecule has 0 aromatic heterocycles. The second kappa shape index (κ2) is 3.97. The molecular weight excluding hydrogens is 184 g/mol. The second-order valence-corrected chi connectivity index (χ2v) is 5.23. The van der Waals surface area contributed by atoms with Gasteiger partial charge >= 0.3 is 0 Å². The van der Waals surface area contributed by atoms with E-state index in [9.17, 15) is 5.11 Å². The Morgan fingerprint density at radius 3 is 2.53 bits per heavy atom. The summed E-state index contributed by atoms with van der Waals surface area (Å²) < 4.78 is 0. The van der Waals surface area contributed by atoms with Crippen molar-refractivity contribution in [3.63, 3.8) is 0 Å². The zero-order chi connectivity index (χ0) is 10.9. The number of aliphatic hydroxyl groups is 1. The summed E-state index contributed by atoms with van der Waals surface area (Å²) in [5, 5.41) is 10.4.